The number of aromatic nitrogens is 3. The quantitative estimate of drug-likeness (QED) is 0.296. The number of fused-ring (bicyclic) bond motifs is 3. The van der Waals surface area contributed by atoms with Crippen molar-refractivity contribution in [3.63, 3.8) is 0 Å². The van der Waals surface area contributed by atoms with Gasteiger partial charge in [-0.3, -0.25) is 9.78 Å². The first-order valence-corrected chi connectivity index (χ1v) is 15.7. The SMILES string of the molecule is O=C(NCc1cc2nc(N3CCOc4cc(C5(C(F)F)CC5)cnc43)ccc2cn1)c1cc(F)c2c(c1)S(=O)(=O)[C@@H](F)CCO2. The van der Waals surface area contributed by atoms with E-state index in [0.29, 0.717) is 65.5 Å². The van der Waals surface area contributed by atoms with Crippen molar-refractivity contribution in [1.82, 2.24) is 20.3 Å². The van der Waals surface area contributed by atoms with E-state index in [9.17, 15) is 30.8 Å². The van der Waals surface area contributed by atoms with E-state index in [1.54, 1.807) is 24.4 Å². The highest BCUT2D eigenvalue weighted by atomic mass is 32.2. The van der Waals surface area contributed by atoms with Crippen LogP contribution >= 0.6 is 0 Å². The third-order valence-corrected chi connectivity index (χ3v) is 10.1. The van der Waals surface area contributed by atoms with Crippen LogP contribution in [0.1, 0.15) is 40.9 Å². The number of carbonyl (C=O) groups is 1. The second-order valence-electron chi connectivity index (χ2n) is 11.1. The van der Waals surface area contributed by atoms with Gasteiger partial charge >= 0.3 is 0 Å². The summed E-state index contributed by atoms with van der Waals surface area (Å²) in [4.78, 5) is 27.5. The van der Waals surface area contributed by atoms with Crippen LogP contribution in [0, 0.1) is 5.82 Å². The molecule has 3 aromatic heterocycles. The van der Waals surface area contributed by atoms with E-state index >= 15 is 0 Å². The number of hydrogen-bond donors (Lipinski definition) is 1. The molecular weight excluding hydrogens is 618 g/mol. The summed E-state index contributed by atoms with van der Waals surface area (Å²) < 4.78 is 92.2. The molecular formula is C30H25F4N5O5S. The Morgan fingerprint density at radius 1 is 1.09 bits per heavy atom. The monoisotopic (exact) mass is 643 g/mol. The molecule has 3 aliphatic rings. The number of sulfone groups is 1. The van der Waals surface area contributed by atoms with Crippen molar-refractivity contribution < 1.29 is 40.2 Å². The summed E-state index contributed by atoms with van der Waals surface area (Å²) in [5.41, 5.74) is -2.36. The molecule has 234 valence electrons. The van der Waals surface area contributed by atoms with Gasteiger partial charge in [0.05, 0.1) is 36.3 Å². The molecule has 1 amide bonds. The van der Waals surface area contributed by atoms with Gasteiger partial charge in [-0.2, -0.15) is 0 Å². The summed E-state index contributed by atoms with van der Waals surface area (Å²) in [6, 6.07) is 8.61. The van der Waals surface area contributed by atoms with E-state index in [1.165, 1.54) is 6.20 Å². The van der Waals surface area contributed by atoms with Crippen LogP contribution in [0.15, 0.2) is 53.7 Å². The van der Waals surface area contributed by atoms with E-state index in [-0.39, 0.29) is 18.7 Å². The van der Waals surface area contributed by atoms with Crippen molar-refractivity contribution in [1.29, 1.82) is 0 Å². The molecule has 1 aliphatic carbocycles. The first-order chi connectivity index (χ1) is 21.6. The fraction of sp³-hybridized carbons (Fsp3) is 0.333. The number of nitrogens with one attached hydrogen (secondary N) is 1. The standard InChI is InChI=1S/C30H25F4N5O5S/c31-20-9-17(10-23-26(20)44-7-3-24(32)45(23,41)42)28(40)37-15-19-12-21-16(13-35-19)1-2-25(38-21)39-6-8-43-22-11-18(14-36-27(22)39)30(4-5-30)29(33)34/h1-2,9-14,24,29H,3-8,15H2,(H,37,40)/t24-/m1/s1. The first-order valence-electron chi connectivity index (χ1n) is 14.1. The normalized spacial score (nSPS) is 19.6. The minimum atomic E-state index is -4.55. The predicted octanol–water partition coefficient (Wildman–Crippen LogP) is 4.77. The van der Waals surface area contributed by atoms with Gasteiger partial charge in [0.15, 0.2) is 23.1 Å². The third-order valence-electron chi connectivity index (χ3n) is 8.27. The van der Waals surface area contributed by atoms with E-state index in [2.05, 4.69) is 15.3 Å². The molecule has 0 saturated heterocycles. The molecule has 15 heteroatoms. The van der Waals surface area contributed by atoms with Crippen molar-refractivity contribution in [2.24, 2.45) is 0 Å². The van der Waals surface area contributed by atoms with Gasteiger partial charge < -0.3 is 19.7 Å². The number of halogens is 4. The molecule has 1 N–H and O–H groups in total. The van der Waals surface area contributed by atoms with Crippen LogP contribution in [0.5, 0.6) is 11.5 Å². The average Bonchev–Trinajstić information content (AvgIpc) is 3.86. The Morgan fingerprint density at radius 2 is 1.91 bits per heavy atom. The largest absolute Gasteiger partial charge is 0.489 e. The lowest BCUT2D eigenvalue weighted by Gasteiger charge is -2.30. The number of ether oxygens (including phenoxy) is 2. The highest BCUT2D eigenvalue weighted by molar-refractivity contribution is 7.92. The van der Waals surface area contributed by atoms with Crippen molar-refractivity contribution in [3.8, 4) is 11.5 Å². The topological polar surface area (TPSA) is 124 Å². The number of amides is 1. The number of hydrogen-bond acceptors (Lipinski definition) is 9. The highest BCUT2D eigenvalue weighted by Gasteiger charge is 2.53. The summed E-state index contributed by atoms with van der Waals surface area (Å²) in [6.45, 7) is 0.296. The average molecular weight is 644 g/mol. The van der Waals surface area contributed by atoms with Crippen molar-refractivity contribution in [2.75, 3.05) is 24.7 Å². The van der Waals surface area contributed by atoms with Gasteiger partial charge in [-0.15, -0.1) is 0 Å². The van der Waals surface area contributed by atoms with Crippen LogP contribution in [0.2, 0.25) is 0 Å². The first kappa shape index (κ1) is 29.2. The van der Waals surface area contributed by atoms with Crippen LogP contribution in [0.4, 0.5) is 29.2 Å². The predicted molar refractivity (Wildman–Crippen MR) is 153 cm³/mol. The maximum atomic E-state index is 14.7. The summed E-state index contributed by atoms with van der Waals surface area (Å²) in [6.07, 6.45) is 0.902. The molecule has 4 aromatic rings. The smallest absolute Gasteiger partial charge is 0.251 e. The lowest BCUT2D eigenvalue weighted by atomic mass is 9.98. The van der Waals surface area contributed by atoms with Crippen LogP contribution < -0.4 is 19.7 Å². The van der Waals surface area contributed by atoms with Gasteiger partial charge in [-0.05, 0) is 54.8 Å². The minimum absolute atomic E-state index is 0.106. The number of nitrogens with zero attached hydrogens (tertiary/aromatic N) is 4. The van der Waals surface area contributed by atoms with E-state index < -0.39 is 56.0 Å². The molecule has 1 aromatic carbocycles. The molecule has 2 aliphatic heterocycles. The number of pyridine rings is 3. The van der Waals surface area contributed by atoms with Crippen molar-refractivity contribution in [2.45, 2.75) is 48.0 Å². The van der Waals surface area contributed by atoms with E-state index in [0.717, 1.165) is 12.1 Å². The van der Waals surface area contributed by atoms with Gasteiger partial charge in [-0.1, -0.05) is 0 Å². The molecule has 45 heavy (non-hydrogen) atoms. The highest BCUT2D eigenvalue weighted by Crippen LogP contribution is 2.54. The number of rotatable bonds is 6. The van der Waals surface area contributed by atoms with Gasteiger partial charge in [-0.25, -0.2) is 35.9 Å². The Kier molecular flexibility index (Phi) is 7.02. The molecule has 0 unspecified atom stereocenters. The molecule has 1 fully saturated rings. The maximum Gasteiger partial charge on any atom is 0.251 e. The summed E-state index contributed by atoms with van der Waals surface area (Å²) in [5.74, 6) is -1.09. The fourth-order valence-electron chi connectivity index (χ4n) is 5.53. The zero-order valence-corrected chi connectivity index (χ0v) is 24.3. The van der Waals surface area contributed by atoms with Gasteiger partial charge in [0.25, 0.3) is 5.91 Å². The number of carbonyl (C=O) groups excluding carboxylic acids is 1. The van der Waals surface area contributed by atoms with E-state index in [4.69, 9.17) is 14.5 Å². The summed E-state index contributed by atoms with van der Waals surface area (Å²) >= 11 is 0. The summed E-state index contributed by atoms with van der Waals surface area (Å²) in [5, 5.41) is 3.28. The molecule has 0 bridgehead atoms. The van der Waals surface area contributed by atoms with Crippen LogP contribution in [0.25, 0.3) is 10.9 Å². The molecule has 0 radical (unpaired) electrons. The van der Waals surface area contributed by atoms with Gasteiger partial charge in [0.2, 0.25) is 21.8 Å². The second-order valence-corrected chi connectivity index (χ2v) is 13.1. The molecule has 0 spiro atoms. The maximum absolute atomic E-state index is 14.7. The van der Waals surface area contributed by atoms with Crippen molar-refractivity contribution >= 4 is 38.3 Å². The lowest BCUT2D eigenvalue weighted by molar-refractivity contribution is 0.0949. The Morgan fingerprint density at radius 3 is 2.69 bits per heavy atom. The number of alkyl halides is 3. The Hall–Kier alpha value is -4.53. The Balaban J connectivity index is 1.11. The molecule has 10 nitrogen and oxygen atoms in total. The lowest BCUT2D eigenvalue weighted by Crippen LogP contribution is -2.30. The zero-order chi connectivity index (χ0) is 31.5. The summed E-state index contributed by atoms with van der Waals surface area (Å²) in [7, 11) is -4.55. The molecule has 1 atom stereocenters. The van der Waals surface area contributed by atoms with Gasteiger partial charge in [0, 0.05) is 29.8 Å². The molecule has 5 heterocycles. The van der Waals surface area contributed by atoms with Crippen LogP contribution in [-0.4, -0.2) is 61.0 Å². The Labute approximate surface area is 254 Å². The molecule has 7 rings (SSSR count). The van der Waals surface area contributed by atoms with Crippen LogP contribution in [-0.2, 0) is 21.8 Å². The van der Waals surface area contributed by atoms with Gasteiger partial charge in [0.1, 0.15) is 17.3 Å². The number of anilines is 2. The number of benzene rings is 1. The fourth-order valence-corrected chi connectivity index (χ4v) is 6.91. The minimum Gasteiger partial charge on any atom is -0.489 e. The second kappa shape index (κ2) is 10.8. The van der Waals surface area contributed by atoms with E-state index in [1.807, 2.05) is 11.0 Å². The van der Waals surface area contributed by atoms with Crippen LogP contribution in [0.3, 0.4) is 0 Å². The zero-order valence-electron chi connectivity index (χ0n) is 23.5. The molecule has 1 saturated carbocycles. The third kappa shape index (κ3) is 5.08. The van der Waals surface area contributed by atoms with Crippen molar-refractivity contribution in [3.05, 3.63) is 71.4 Å². The Bertz CT molecular complexity index is 1960.